The molecule has 3 heteroatoms. The molecule has 2 aromatic rings. The molecule has 2 aromatic carbocycles. The number of hydrogen-bond acceptors (Lipinski definition) is 1. The summed E-state index contributed by atoms with van der Waals surface area (Å²) in [6.45, 7) is 4.84. The molecule has 0 unspecified atom stereocenters. The van der Waals surface area contributed by atoms with Crippen molar-refractivity contribution in [1.82, 2.24) is 0 Å². The van der Waals surface area contributed by atoms with E-state index in [9.17, 15) is 4.39 Å². The Hall–Kier alpha value is -1.35. The largest absolute Gasteiger partial charge is 0.380 e. The van der Waals surface area contributed by atoms with Gasteiger partial charge in [-0.15, -0.1) is 0 Å². The van der Waals surface area contributed by atoms with Crippen LogP contribution in [0.2, 0.25) is 0 Å². The van der Waals surface area contributed by atoms with Crippen molar-refractivity contribution in [2.24, 2.45) is 0 Å². The van der Waals surface area contributed by atoms with Crippen molar-refractivity contribution < 1.29 is 4.39 Å². The Labute approximate surface area is 115 Å². The number of anilines is 1. The van der Waals surface area contributed by atoms with Crippen LogP contribution in [0.25, 0.3) is 0 Å². The van der Waals surface area contributed by atoms with Gasteiger partial charge in [0.1, 0.15) is 5.82 Å². The van der Waals surface area contributed by atoms with E-state index in [2.05, 4.69) is 53.3 Å². The van der Waals surface area contributed by atoms with Crippen LogP contribution in [0.3, 0.4) is 0 Å². The molecule has 18 heavy (non-hydrogen) atoms. The SMILES string of the molecule is Cc1cc(C)cc(CNc2cc(F)ccc2Br)c1. The van der Waals surface area contributed by atoms with Crippen LogP contribution in [0.1, 0.15) is 16.7 Å². The van der Waals surface area contributed by atoms with E-state index in [0.717, 1.165) is 10.2 Å². The second kappa shape index (κ2) is 5.53. The van der Waals surface area contributed by atoms with E-state index in [1.165, 1.54) is 28.8 Å². The molecule has 0 fully saturated rings. The molecule has 0 bridgehead atoms. The van der Waals surface area contributed by atoms with Gasteiger partial charge < -0.3 is 5.32 Å². The Bertz CT molecular complexity index is 546. The first-order chi connectivity index (χ1) is 8.54. The molecular formula is C15H15BrFN. The highest BCUT2D eigenvalue weighted by Crippen LogP contribution is 2.23. The monoisotopic (exact) mass is 307 g/mol. The van der Waals surface area contributed by atoms with Gasteiger partial charge in [-0.3, -0.25) is 0 Å². The van der Waals surface area contributed by atoms with Crippen LogP contribution < -0.4 is 5.32 Å². The van der Waals surface area contributed by atoms with E-state index >= 15 is 0 Å². The Kier molecular flexibility index (Phi) is 4.02. The molecule has 0 saturated carbocycles. The first-order valence-corrected chi connectivity index (χ1v) is 6.60. The van der Waals surface area contributed by atoms with E-state index < -0.39 is 0 Å². The van der Waals surface area contributed by atoms with Gasteiger partial charge in [-0.1, -0.05) is 29.3 Å². The smallest absolute Gasteiger partial charge is 0.125 e. The zero-order valence-electron chi connectivity index (χ0n) is 10.4. The third-order valence-electron chi connectivity index (χ3n) is 2.69. The molecular weight excluding hydrogens is 293 g/mol. The van der Waals surface area contributed by atoms with Gasteiger partial charge in [0.05, 0.1) is 5.69 Å². The molecule has 0 aromatic heterocycles. The van der Waals surface area contributed by atoms with Crippen LogP contribution in [0.4, 0.5) is 10.1 Å². The highest BCUT2D eigenvalue weighted by atomic mass is 79.9. The number of rotatable bonds is 3. The Morgan fingerprint density at radius 1 is 1.06 bits per heavy atom. The molecule has 0 saturated heterocycles. The molecule has 1 N–H and O–H groups in total. The standard InChI is InChI=1S/C15H15BrFN/c1-10-5-11(2)7-12(6-10)9-18-15-8-13(17)3-4-14(15)16/h3-8,18H,9H2,1-2H3. The number of aryl methyl sites for hydroxylation is 2. The lowest BCUT2D eigenvalue weighted by Crippen LogP contribution is -2.01. The fourth-order valence-electron chi connectivity index (χ4n) is 2.00. The summed E-state index contributed by atoms with van der Waals surface area (Å²) in [6.07, 6.45) is 0. The zero-order valence-corrected chi connectivity index (χ0v) is 12.0. The van der Waals surface area contributed by atoms with Gasteiger partial charge in [-0.05, 0) is 53.5 Å². The van der Waals surface area contributed by atoms with Crippen molar-refractivity contribution in [3.8, 4) is 0 Å². The predicted molar refractivity (Wildman–Crippen MR) is 77.3 cm³/mol. The Morgan fingerprint density at radius 3 is 2.39 bits per heavy atom. The minimum atomic E-state index is -0.235. The summed E-state index contributed by atoms with van der Waals surface area (Å²) in [4.78, 5) is 0. The van der Waals surface area contributed by atoms with Gasteiger partial charge in [-0.25, -0.2) is 4.39 Å². The average molecular weight is 308 g/mol. The van der Waals surface area contributed by atoms with Crippen LogP contribution in [0, 0.1) is 19.7 Å². The highest BCUT2D eigenvalue weighted by Gasteiger charge is 2.02. The second-order valence-electron chi connectivity index (χ2n) is 4.47. The van der Waals surface area contributed by atoms with E-state index in [0.29, 0.717) is 6.54 Å². The lowest BCUT2D eigenvalue weighted by Gasteiger charge is -2.10. The van der Waals surface area contributed by atoms with Crippen LogP contribution in [-0.4, -0.2) is 0 Å². The first-order valence-electron chi connectivity index (χ1n) is 5.81. The third-order valence-corrected chi connectivity index (χ3v) is 3.38. The summed E-state index contributed by atoms with van der Waals surface area (Å²) in [6, 6.07) is 11.0. The number of nitrogens with one attached hydrogen (secondary N) is 1. The van der Waals surface area contributed by atoms with Gasteiger partial charge in [0.15, 0.2) is 0 Å². The first kappa shape index (κ1) is 13.1. The summed E-state index contributed by atoms with van der Waals surface area (Å²) < 4.78 is 14.0. The van der Waals surface area contributed by atoms with Gasteiger partial charge in [0, 0.05) is 11.0 Å². The van der Waals surface area contributed by atoms with Crippen molar-refractivity contribution in [1.29, 1.82) is 0 Å². The highest BCUT2D eigenvalue weighted by molar-refractivity contribution is 9.10. The third kappa shape index (κ3) is 3.33. The van der Waals surface area contributed by atoms with Gasteiger partial charge in [0.25, 0.3) is 0 Å². The molecule has 0 aliphatic heterocycles. The lowest BCUT2D eigenvalue weighted by molar-refractivity contribution is 0.628. The molecule has 1 nitrogen and oxygen atoms in total. The summed E-state index contributed by atoms with van der Waals surface area (Å²) in [5.41, 5.74) is 4.45. The maximum absolute atomic E-state index is 13.1. The summed E-state index contributed by atoms with van der Waals surface area (Å²) in [7, 11) is 0. The molecule has 2 rings (SSSR count). The molecule has 94 valence electrons. The fourth-order valence-corrected chi connectivity index (χ4v) is 2.39. The van der Waals surface area contributed by atoms with Crippen molar-refractivity contribution in [2.45, 2.75) is 20.4 Å². The van der Waals surface area contributed by atoms with Gasteiger partial charge >= 0.3 is 0 Å². The van der Waals surface area contributed by atoms with E-state index in [4.69, 9.17) is 0 Å². The summed E-state index contributed by atoms with van der Waals surface area (Å²) in [5, 5.41) is 3.24. The molecule has 0 spiro atoms. The van der Waals surface area contributed by atoms with Crippen molar-refractivity contribution in [3.05, 3.63) is 63.4 Å². The summed E-state index contributed by atoms with van der Waals surface area (Å²) in [5.74, 6) is -0.235. The van der Waals surface area contributed by atoms with Gasteiger partial charge in [0.2, 0.25) is 0 Å². The molecule has 0 atom stereocenters. The average Bonchev–Trinajstić information content (AvgIpc) is 2.29. The van der Waals surface area contributed by atoms with Crippen LogP contribution >= 0.6 is 15.9 Å². The maximum Gasteiger partial charge on any atom is 0.125 e. The van der Waals surface area contributed by atoms with Crippen molar-refractivity contribution >= 4 is 21.6 Å². The van der Waals surface area contributed by atoms with Gasteiger partial charge in [-0.2, -0.15) is 0 Å². The number of hydrogen-bond donors (Lipinski definition) is 1. The number of halogens is 2. The van der Waals surface area contributed by atoms with E-state index in [1.54, 1.807) is 6.07 Å². The lowest BCUT2D eigenvalue weighted by atomic mass is 10.1. The quantitative estimate of drug-likeness (QED) is 0.857. The Balaban J connectivity index is 2.13. The van der Waals surface area contributed by atoms with Crippen molar-refractivity contribution in [2.75, 3.05) is 5.32 Å². The normalized spacial score (nSPS) is 10.4. The molecule has 0 aliphatic rings. The minimum Gasteiger partial charge on any atom is -0.380 e. The van der Waals surface area contributed by atoms with E-state index in [-0.39, 0.29) is 5.82 Å². The molecule has 0 aliphatic carbocycles. The van der Waals surface area contributed by atoms with Crippen LogP contribution in [-0.2, 0) is 6.54 Å². The molecule has 0 amide bonds. The predicted octanol–water partition coefficient (Wildman–Crippen LogP) is 4.82. The molecule has 0 radical (unpaired) electrons. The van der Waals surface area contributed by atoms with Crippen molar-refractivity contribution in [3.63, 3.8) is 0 Å². The second-order valence-corrected chi connectivity index (χ2v) is 5.33. The number of benzene rings is 2. The Morgan fingerprint density at radius 2 is 1.72 bits per heavy atom. The van der Waals surface area contributed by atoms with E-state index in [1.807, 2.05) is 0 Å². The van der Waals surface area contributed by atoms with Crippen LogP contribution in [0.5, 0.6) is 0 Å². The minimum absolute atomic E-state index is 0.235. The maximum atomic E-state index is 13.1. The molecule has 0 heterocycles. The fraction of sp³-hybridized carbons (Fsp3) is 0.200. The van der Waals surface area contributed by atoms with Crippen LogP contribution in [0.15, 0.2) is 40.9 Å². The topological polar surface area (TPSA) is 12.0 Å². The summed E-state index contributed by atoms with van der Waals surface area (Å²) >= 11 is 3.40. The zero-order chi connectivity index (χ0) is 13.1.